The molecular formula is C15H11F3N2O2. The highest BCUT2D eigenvalue weighted by atomic mass is 19.4. The average Bonchev–Trinajstić information content (AvgIpc) is 2.46. The highest BCUT2D eigenvalue weighted by Crippen LogP contribution is 2.30. The zero-order valence-corrected chi connectivity index (χ0v) is 11.2. The Hall–Kier alpha value is -2.70. The molecule has 2 N–H and O–H groups in total. The summed E-state index contributed by atoms with van der Waals surface area (Å²) >= 11 is 0. The van der Waals surface area contributed by atoms with Gasteiger partial charge in [-0.25, -0.2) is 0 Å². The third kappa shape index (κ3) is 3.69. The monoisotopic (exact) mass is 308 g/mol. The number of hydrogen-bond acceptors (Lipinski definition) is 3. The smallest absolute Gasteiger partial charge is 0.369 e. The lowest BCUT2D eigenvalue weighted by Crippen LogP contribution is -2.16. The number of aromatic nitrogens is 1. The molecule has 1 aromatic carbocycles. The van der Waals surface area contributed by atoms with E-state index in [9.17, 15) is 22.8 Å². The van der Waals surface area contributed by atoms with E-state index in [0.29, 0.717) is 5.56 Å². The molecule has 0 atom stereocenters. The molecule has 0 aliphatic rings. The van der Waals surface area contributed by atoms with Gasteiger partial charge in [0.15, 0.2) is 5.78 Å². The number of carbonyl (C=O) groups is 2. The minimum absolute atomic E-state index is 0.210. The SMILES string of the molecule is NC(=O)CC(=O)c1cccc(-c2ccnc(C(F)(F)F)c2)c1. The number of amides is 1. The number of nitrogens with zero attached hydrogens (tertiary/aromatic N) is 1. The molecule has 0 radical (unpaired) electrons. The van der Waals surface area contributed by atoms with Crippen LogP contribution in [-0.4, -0.2) is 16.7 Å². The first kappa shape index (κ1) is 15.7. The van der Waals surface area contributed by atoms with Crippen molar-refractivity contribution in [2.45, 2.75) is 12.6 Å². The first-order valence-electron chi connectivity index (χ1n) is 6.22. The van der Waals surface area contributed by atoms with Gasteiger partial charge in [0.2, 0.25) is 5.91 Å². The van der Waals surface area contributed by atoms with Gasteiger partial charge in [-0.2, -0.15) is 13.2 Å². The van der Waals surface area contributed by atoms with E-state index in [0.717, 1.165) is 12.3 Å². The van der Waals surface area contributed by atoms with Crippen molar-refractivity contribution in [3.05, 3.63) is 53.9 Å². The van der Waals surface area contributed by atoms with Gasteiger partial charge in [0.25, 0.3) is 0 Å². The van der Waals surface area contributed by atoms with Crippen molar-refractivity contribution >= 4 is 11.7 Å². The molecule has 4 nitrogen and oxygen atoms in total. The number of halogens is 3. The van der Waals surface area contributed by atoms with Gasteiger partial charge in [-0.05, 0) is 29.3 Å². The Labute approximate surface area is 123 Å². The number of ketones is 1. The zero-order chi connectivity index (χ0) is 16.3. The fourth-order valence-corrected chi connectivity index (χ4v) is 1.90. The second-order valence-corrected chi connectivity index (χ2v) is 4.57. The minimum Gasteiger partial charge on any atom is -0.369 e. The number of nitrogens with two attached hydrogens (primary N) is 1. The van der Waals surface area contributed by atoms with Crippen molar-refractivity contribution in [1.29, 1.82) is 0 Å². The molecule has 0 aliphatic heterocycles. The maximum atomic E-state index is 12.7. The van der Waals surface area contributed by atoms with E-state index in [1.165, 1.54) is 24.3 Å². The van der Waals surface area contributed by atoms with Gasteiger partial charge in [-0.1, -0.05) is 18.2 Å². The standard InChI is InChI=1S/C15H11F3N2O2/c16-15(17,18)13-7-10(4-5-20-13)9-2-1-3-11(6-9)12(21)8-14(19)22/h1-7H,8H2,(H2,19,22). The fraction of sp³-hybridized carbons (Fsp3) is 0.133. The molecule has 0 spiro atoms. The normalized spacial score (nSPS) is 11.2. The molecule has 0 unspecified atom stereocenters. The van der Waals surface area contributed by atoms with Crippen LogP contribution in [0.2, 0.25) is 0 Å². The largest absolute Gasteiger partial charge is 0.433 e. The molecule has 0 bridgehead atoms. The second-order valence-electron chi connectivity index (χ2n) is 4.57. The van der Waals surface area contributed by atoms with Crippen LogP contribution in [0.1, 0.15) is 22.5 Å². The highest BCUT2D eigenvalue weighted by molar-refractivity contribution is 6.07. The zero-order valence-electron chi connectivity index (χ0n) is 11.2. The van der Waals surface area contributed by atoms with Crippen LogP contribution in [0.4, 0.5) is 13.2 Å². The van der Waals surface area contributed by atoms with Gasteiger partial charge >= 0.3 is 6.18 Å². The topological polar surface area (TPSA) is 73.1 Å². The van der Waals surface area contributed by atoms with Gasteiger partial charge in [0.05, 0.1) is 6.42 Å². The number of alkyl halides is 3. The number of pyridine rings is 1. The molecule has 0 saturated heterocycles. The third-order valence-electron chi connectivity index (χ3n) is 2.90. The molecule has 0 saturated carbocycles. The molecule has 114 valence electrons. The van der Waals surface area contributed by atoms with Crippen molar-refractivity contribution in [3.63, 3.8) is 0 Å². The van der Waals surface area contributed by atoms with Crippen LogP contribution in [0.3, 0.4) is 0 Å². The van der Waals surface area contributed by atoms with Crippen LogP contribution in [0.15, 0.2) is 42.6 Å². The number of Topliss-reactive ketones (excluding diaryl/α,β-unsaturated/α-hetero) is 1. The Bertz CT molecular complexity index is 727. The second kappa shape index (κ2) is 5.97. The van der Waals surface area contributed by atoms with Gasteiger partial charge in [-0.15, -0.1) is 0 Å². The molecule has 2 aromatic rings. The summed E-state index contributed by atoms with van der Waals surface area (Å²) < 4.78 is 38.0. The number of rotatable bonds is 4. The van der Waals surface area contributed by atoms with Crippen molar-refractivity contribution < 1.29 is 22.8 Å². The first-order chi connectivity index (χ1) is 10.3. The van der Waals surface area contributed by atoms with E-state index in [1.807, 2.05) is 0 Å². The fourth-order valence-electron chi connectivity index (χ4n) is 1.90. The molecular weight excluding hydrogens is 297 g/mol. The van der Waals surface area contributed by atoms with Crippen LogP contribution in [0.5, 0.6) is 0 Å². The van der Waals surface area contributed by atoms with Crippen molar-refractivity contribution in [2.75, 3.05) is 0 Å². The van der Waals surface area contributed by atoms with Gasteiger partial charge in [0.1, 0.15) is 5.69 Å². The van der Waals surface area contributed by atoms with Gasteiger partial charge < -0.3 is 5.73 Å². The summed E-state index contributed by atoms with van der Waals surface area (Å²) in [6.07, 6.45) is -3.95. The summed E-state index contributed by atoms with van der Waals surface area (Å²) in [6, 6.07) is 8.29. The Morgan fingerprint density at radius 3 is 2.41 bits per heavy atom. The van der Waals surface area contributed by atoms with E-state index < -0.39 is 30.0 Å². The summed E-state index contributed by atoms with van der Waals surface area (Å²) in [7, 11) is 0. The predicted octanol–water partition coefficient (Wildman–Crippen LogP) is 2.83. The maximum absolute atomic E-state index is 12.7. The lowest BCUT2D eigenvalue weighted by atomic mass is 10.0. The minimum atomic E-state index is -4.55. The maximum Gasteiger partial charge on any atom is 0.433 e. The number of primary amides is 1. The molecule has 22 heavy (non-hydrogen) atoms. The molecule has 1 amide bonds. The lowest BCUT2D eigenvalue weighted by molar-refractivity contribution is -0.141. The number of carbonyl (C=O) groups excluding carboxylic acids is 2. The predicted molar refractivity (Wildman–Crippen MR) is 72.8 cm³/mol. The lowest BCUT2D eigenvalue weighted by Gasteiger charge is -2.08. The summed E-state index contributed by atoms with van der Waals surface area (Å²) in [5.41, 5.74) is 4.84. The Morgan fingerprint density at radius 2 is 1.77 bits per heavy atom. The van der Waals surface area contributed by atoms with Crippen LogP contribution < -0.4 is 5.73 Å². The number of hydrogen-bond donors (Lipinski definition) is 1. The Morgan fingerprint density at radius 1 is 1.09 bits per heavy atom. The Kier molecular flexibility index (Phi) is 4.25. The molecule has 0 fully saturated rings. The first-order valence-corrected chi connectivity index (χ1v) is 6.22. The Balaban J connectivity index is 2.38. The number of benzene rings is 1. The molecule has 2 rings (SSSR count). The van der Waals surface area contributed by atoms with Crippen LogP contribution >= 0.6 is 0 Å². The van der Waals surface area contributed by atoms with Crippen molar-refractivity contribution in [3.8, 4) is 11.1 Å². The molecule has 7 heteroatoms. The molecule has 1 heterocycles. The summed E-state index contributed by atoms with van der Waals surface area (Å²) in [5.74, 6) is -1.25. The van der Waals surface area contributed by atoms with Crippen molar-refractivity contribution in [2.24, 2.45) is 5.73 Å². The van der Waals surface area contributed by atoms with Crippen LogP contribution in [-0.2, 0) is 11.0 Å². The van der Waals surface area contributed by atoms with Gasteiger partial charge in [0, 0.05) is 11.8 Å². The third-order valence-corrected chi connectivity index (χ3v) is 2.90. The summed E-state index contributed by atoms with van der Waals surface area (Å²) in [4.78, 5) is 25.8. The quantitative estimate of drug-likeness (QED) is 0.697. The van der Waals surface area contributed by atoms with E-state index in [2.05, 4.69) is 4.98 Å². The van der Waals surface area contributed by atoms with Crippen molar-refractivity contribution in [1.82, 2.24) is 4.98 Å². The van der Waals surface area contributed by atoms with E-state index in [1.54, 1.807) is 6.07 Å². The van der Waals surface area contributed by atoms with E-state index in [-0.39, 0.29) is 11.1 Å². The van der Waals surface area contributed by atoms with Gasteiger partial charge in [-0.3, -0.25) is 14.6 Å². The summed E-state index contributed by atoms with van der Waals surface area (Å²) in [5, 5.41) is 0. The van der Waals surface area contributed by atoms with E-state index >= 15 is 0 Å². The summed E-state index contributed by atoms with van der Waals surface area (Å²) in [6.45, 7) is 0. The molecule has 0 aliphatic carbocycles. The van der Waals surface area contributed by atoms with Crippen LogP contribution in [0.25, 0.3) is 11.1 Å². The van der Waals surface area contributed by atoms with Crippen LogP contribution in [0, 0.1) is 0 Å². The van der Waals surface area contributed by atoms with E-state index in [4.69, 9.17) is 5.73 Å². The average molecular weight is 308 g/mol. The highest BCUT2D eigenvalue weighted by Gasteiger charge is 2.32. The molecule has 1 aromatic heterocycles.